The fraction of sp³-hybridized carbons (Fsp3) is 0.400. The van der Waals surface area contributed by atoms with Crippen molar-refractivity contribution < 1.29 is 8.42 Å². The zero-order valence-corrected chi connectivity index (χ0v) is 21.4. The number of nitrogens with zero attached hydrogens (tertiary/aromatic N) is 3. The summed E-state index contributed by atoms with van der Waals surface area (Å²) in [6.07, 6.45) is 5.70. The first kappa shape index (κ1) is 26.3. The Labute approximate surface area is 214 Å². The number of fused-ring (bicyclic) bond motifs is 3. The summed E-state index contributed by atoms with van der Waals surface area (Å²) in [5.74, 6) is 0.869. The molecule has 0 atom stereocenters. The molecular formula is C20H24Cl4N6O2S. The molecule has 180 valence electrons. The summed E-state index contributed by atoms with van der Waals surface area (Å²) in [7, 11) is -3.86. The van der Waals surface area contributed by atoms with Gasteiger partial charge in [0.1, 0.15) is 15.7 Å². The lowest BCUT2D eigenvalue weighted by Gasteiger charge is -2.34. The zero-order chi connectivity index (χ0) is 21.8. The van der Waals surface area contributed by atoms with Crippen molar-refractivity contribution in [3.05, 3.63) is 51.3 Å². The summed E-state index contributed by atoms with van der Waals surface area (Å²) in [6.45, 7) is 2.40. The predicted octanol–water partition coefficient (Wildman–Crippen LogP) is 3.71. The molecule has 0 unspecified atom stereocenters. The second kappa shape index (κ2) is 9.73. The van der Waals surface area contributed by atoms with Gasteiger partial charge < -0.3 is 10.6 Å². The summed E-state index contributed by atoms with van der Waals surface area (Å²) < 4.78 is 25.0. The minimum Gasteiger partial charge on any atom is -0.366 e. The molecule has 2 aliphatic rings. The number of hydrogen-bond donors (Lipinski definition) is 3. The molecule has 1 spiro atoms. The van der Waals surface area contributed by atoms with Gasteiger partial charge in [-0.3, -0.25) is 0 Å². The lowest BCUT2D eigenvalue weighted by molar-refractivity contribution is 0.301. The van der Waals surface area contributed by atoms with E-state index >= 15 is 0 Å². The van der Waals surface area contributed by atoms with Crippen LogP contribution in [0.15, 0.2) is 29.3 Å². The highest BCUT2D eigenvalue weighted by Crippen LogP contribution is 2.47. The maximum Gasteiger partial charge on any atom is 0.239 e. The molecule has 1 aromatic carbocycles. The van der Waals surface area contributed by atoms with Crippen LogP contribution in [0.3, 0.4) is 0 Å². The molecule has 1 saturated heterocycles. The van der Waals surface area contributed by atoms with Crippen molar-refractivity contribution in [1.29, 1.82) is 0 Å². The van der Waals surface area contributed by atoms with Crippen molar-refractivity contribution in [2.24, 2.45) is 5.14 Å². The SMILES string of the molecule is Cl.Cl.NS(=O)(=O)c1ccc(CNc2c3c(nc4c(Cl)cnn24)C2(CCNCC2)CC3)cc1Cl. The first-order chi connectivity index (χ1) is 14.8. The number of hydrogen-bond acceptors (Lipinski definition) is 6. The number of anilines is 1. The van der Waals surface area contributed by atoms with Crippen molar-refractivity contribution in [3.63, 3.8) is 0 Å². The Balaban J connectivity index is 0.00000153. The number of halogens is 4. The summed E-state index contributed by atoms with van der Waals surface area (Å²) in [6, 6.07) is 4.73. The number of nitrogens with two attached hydrogens (primary N) is 1. The molecule has 5 rings (SSSR count). The summed E-state index contributed by atoms with van der Waals surface area (Å²) in [5, 5.41) is 17.2. The first-order valence-corrected chi connectivity index (χ1v) is 12.4. The Morgan fingerprint density at radius 3 is 2.55 bits per heavy atom. The van der Waals surface area contributed by atoms with Gasteiger partial charge in [-0.2, -0.15) is 9.61 Å². The van der Waals surface area contributed by atoms with Gasteiger partial charge in [0.15, 0.2) is 5.65 Å². The second-order valence-electron chi connectivity index (χ2n) is 8.21. The van der Waals surface area contributed by atoms with E-state index in [0.717, 1.165) is 55.8 Å². The van der Waals surface area contributed by atoms with Gasteiger partial charge >= 0.3 is 0 Å². The maximum absolute atomic E-state index is 11.6. The van der Waals surface area contributed by atoms with Crippen LogP contribution in [0.4, 0.5) is 5.82 Å². The van der Waals surface area contributed by atoms with E-state index in [-0.39, 0.29) is 40.1 Å². The number of benzene rings is 1. The predicted molar refractivity (Wildman–Crippen MR) is 135 cm³/mol. The molecule has 4 N–H and O–H groups in total. The minimum atomic E-state index is -3.86. The van der Waals surface area contributed by atoms with Crippen LogP contribution < -0.4 is 15.8 Å². The van der Waals surface area contributed by atoms with Gasteiger partial charge in [0.05, 0.1) is 16.9 Å². The number of nitrogens with one attached hydrogen (secondary N) is 2. The third-order valence-corrected chi connectivity index (χ3v) is 8.04. The zero-order valence-electron chi connectivity index (χ0n) is 17.5. The van der Waals surface area contributed by atoms with E-state index in [1.165, 1.54) is 11.6 Å². The smallest absolute Gasteiger partial charge is 0.239 e. The van der Waals surface area contributed by atoms with E-state index in [1.54, 1.807) is 22.8 Å². The lowest BCUT2D eigenvalue weighted by atomic mass is 9.77. The Bertz CT molecular complexity index is 1290. The Morgan fingerprint density at radius 1 is 1.15 bits per heavy atom. The van der Waals surface area contributed by atoms with Gasteiger partial charge in [0, 0.05) is 17.5 Å². The van der Waals surface area contributed by atoms with Crippen LogP contribution in [-0.2, 0) is 28.4 Å². The maximum atomic E-state index is 11.6. The average molecular weight is 554 g/mol. The molecule has 1 fully saturated rings. The third kappa shape index (κ3) is 4.65. The van der Waals surface area contributed by atoms with Gasteiger partial charge in [0.2, 0.25) is 10.0 Å². The molecule has 0 amide bonds. The van der Waals surface area contributed by atoms with E-state index in [1.807, 2.05) is 0 Å². The lowest BCUT2D eigenvalue weighted by Crippen LogP contribution is -2.39. The van der Waals surface area contributed by atoms with Gasteiger partial charge in [-0.1, -0.05) is 29.3 Å². The van der Waals surface area contributed by atoms with Crippen LogP contribution in [-0.4, -0.2) is 36.1 Å². The Hall–Kier alpha value is -1.33. The number of aromatic nitrogens is 3. The van der Waals surface area contributed by atoms with Gasteiger partial charge in [-0.25, -0.2) is 18.5 Å². The molecule has 0 saturated carbocycles. The number of primary sulfonamides is 1. The molecule has 13 heteroatoms. The number of sulfonamides is 1. The fourth-order valence-electron chi connectivity index (χ4n) is 4.80. The molecule has 0 bridgehead atoms. The van der Waals surface area contributed by atoms with Crippen LogP contribution in [0.5, 0.6) is 0 Å². The number of rotatable bonds is 4. The van der Waals surface area contributed by atoms with Gasteiger partial charge in [0.25, 0.3) is 0 Å². The molecule has 33 heavy (non-hydrogen) atoms. The molecule has 1 aliphatic carbocycles. The molecule has 3 aromatic rings. The quantitative estimate of drug-likeness (QED) is 0.454. The van der Waals surface area contributed by atoms with Crippen molar-refractivity contribution in [2.75, 3.05) is 18.4 Å². The molecule has 2 aromatic heterocycles. The first-order valence-electron chi connectivity index (χ1n) is 10.1. The highest BCUT2D eigenvalue weighted by molar-refractivity contribution is 7.89. The van der Waals surface area contributed by atoms with Gasteiger partial charge in [-0.05, 0) is 56.5 Å². The Morgan fingerprint density at radius 2 is 1.88 bits per heavy atom. The molecule has 0 radical (unpaired) electrons. The normalized spacial score (nSPS) is 16.8. The highest BCUT2D eigenvalue weighted by atomic mass is 35.5. The van der Waals surface area contributed by atoms with E-state index in [0.29, 0.717) is 17.2 Å². The van der Waals surface area contributed by atoms with Crippen molar-refractivity contribution >= 4 is 69.5 Å². The van der Waals surface area contributed by atoms with E-state index in [9.17, 15) is 8.42 Å². The highest BCUT2D eigenvalue weighted by Gasteiger charge is 2.43. The van der Waals surface area contributed by atoms with Crippen molar-refractivity contribution in [3.8, 4) is 0 Å². The Kier molecular flexibility index (Phi) is 7.75. The minimum absolute atomic E-state index is 0. The van der Waals surface area contributed by atoms with Crippen LogP contribution in [0.25, 0.3) is 5.65 Å². The molecular weight excluding hydrogens is 530 g/mol. The van der Waals surface area contributed by atoms with E-state index < -0.39 is 10.0 Å². The monoisotopic (exact) mass is 552 g/mol. The van der Waals surface area contributed by atoms with Crippen molar-refractivity contribution in [1.82, 2.24) is 19.9 Å². The van der Waals surface area contributed by atoms with Crippen molar-refractivity contribution in [2.45, 2.75) is 42.5 Å². The summed E-state index contributed by atoms with van der Waals surface area (Å²) in [5.41, 5.74) is 3.83. The van der Waals surface area contributed by atoms with E-state index in [4.69, 9.17) is 33.3 Å². The van der Waals surface area contributed by atoms with Crippen LogP contribution in [0.2, 0.25) is 10.0 Å². The third-order valence-electron chi connectivity index (χ3n) is 6.38. The molecule has 1 aliphatic heterocycles. The fourth-order valence-corrected chi connectivity index (χ4v) is 6.08. The largest absolute Gasteiger partial charge is 0.366 e. The molecule has 3 heterocycles. The van der Waals surface area contributed by atoms with Gasteiger partial charge in [-0.15, -0.1) is 24.8 Å². The topological polar surface area (TPSA) is 114 Å². The second-order valence-corrected chi connectivity index (χ2v) is 10.6. The van der Waals surface area contributed by atoms with E-state index in [2.05, 4.69) is 15.7 Å². The van der Waals surface area contributed by atoms with Crippen LogP contribution >= 0.6 is 48.0 Å². The average Bonchev–Trinajstić information content (AvgIpc) is 3.27. The summed E-state index contributed by atoms with van der Waals surface area (Å²) >= 11 is 12.5. The standard InChI is InChI=1S/C20H22Cl2N6O2S.2ClH/c21-14-9-12(1-2-16(14)31(23,29)30)10-25-18-13-3-4-20(5-7-24-8-6-20)17(13)27-19-15(22)11-26-28(18)19;;/h1-2,9,11,24-25H,3-8,10H2,(H2,23,29,30);2*1H. The van der Waals surface area contributed by atoms with Crippen LogP contribution in [0.1, 0.15) is 36.1 Å². The molecule has 8 nitrogen and oxygen atoms in total. The van der Waals surface area contributed by atoms with Crippen LogP contribution in [0, 0.1) is 0 Å². The number of piperidine rings is 1. The summed E-state index contributed by atoms with van der Waals surface area (Å²) in [4.78, 5) is 4.87.